The zero-order chi connectivity index (χ0) is 23.7. The van der Waals surface area contributed by atoms with E-state index in [9.17, 15) is 9.59 Å². The number of hydrogen-bond acceptors (Lipinski definition) is 6. The average Bonchev–Trinajstić information content (AvgIpc) is 3.09. The minimum Gasteiger partial charge on any atom is -0.463 e. The molecule has 4 rings (SSSR count). The van der Waals surface area contributed by atoms with E-state index < -0.39 is 12.0 Å². The summed E-state index contributed by atoms with van der Waals surface area (Å²) in [5, 5.41) is 0.629. The molecule has 0 unspecified atom stereocenters. The molecule has 0 aliphatic carbocycles. The summed E-state index contributed by atoms with van der Waals surface area (Å²) in [7, 11) is 3.92. The van der Waals surface area contributed by atoms with Crippen LogP contribution in [0.2, 0.25) is 5.02 Å². The summed E-state index contributed by atoms with van der Waals surface area (Å²) in [5.41, 5.74) is 3.42. The van der Waals surface area contributed by atoms with Crippen molar-refractivity contribution < 1.29 is 9.53 Å². The lowest BCUT2D eigenvalue weighted by atomic mass is 9.95. The maximum atomic E-state index is 13.5. The highest BCUT2D eigenvalue weighted by Gasteiger charge is 2.33. The predicted octanol–water partition coefficient (Wildman–Crippen LogP) is 3.52. The molecule has 0 saturated carbocycles. The molecule has 1 aromatic heterocycles. The third-order valence-electron chi connectivity index (χ3n) is 5.41. The van der Waals surface area contributed by atoms with Crippen LogP contribution < -0.4 is 19.8 Å². The Morgan fingerprint density at radius 3 is 2.45 bits per heavy atom. The molecule has 0 N–H and O–H groups in total. The minimum absolute atomic E-state index is 0.204. The zero-order valence-corrected chi connectivity index (χ0v) is 20.4. The maximum absolute atomic E-state index is 13.5. The number of benzene rings is 2. The topological polar surface area (TPSA) is 63.9 Å². The molecular weight excluding hydrogens is 458 g/mol. The Morgan fingerprint density at radius 1 is 1.18 bits per heavy atom. The molecule has 0 amide bonds. The normalized spacial score (nSPS) is 15.8. The Balaban J connectivity index is 1.92. The number of nitrogens with zero attached hydrogens (tertiary/aromatic N) is 3. The van der Waals surface area contributed by atoms with E-state index in [2.05, 4.69) is 4.99 Å². The number of ether oxygens (including phenoxy) is 1. The molecule has 2 heterocycles. The van der Waals surface area contributed by atoms with Crippen molar-refractivity contribution >= 4 is 40.7 Å². The van der Waals surface area contributed by atoms with Crippen LogP contribution in [-0.4, -0.2) is 31.2 Å². The molecule has 1 aliphatic heterocycles. The van der Waals surface area contributed by atoms with Crippen LogP contribution in [-0.2, 0) is 9.53 Å². The van der Waals surface area contributed by atoms with Crippen molar-refractivity contribution in [1.29, 1.82) is 0 Å². The number of allylic oxidation sites excluding steroid dienone is 1. The van der Waals surface area contributed by atoms with Crippen LogP contribution in [0.3, 0.4) is 0 Å². The SMILES string of the molecule is CCOC(=O)C1=C(C)N=c2s/c(=C/c3ccc(Cl)cc3)c(=O)n2[C@H]1c1ccc(N(C)C)cc1. The number of hydrogen-bond donors (Lipinski definition) is 0. The molecule has 2 aromatic carbocycles. The molecule has 0 bridgehead atoms. The first kappa shape index (κ1) is 23.0. The van der Waals surface area contributed by atoms with Gasteiger partial charge in [0.1, 0.15) is 0 Å². The largest absolute Gasteiger partial charge is 0.463 e. The van der Waals surface area contributed by atoms with Crippen LogP contribution in [0.5, 0.6) is 0 Å². The molecule has 0 saturated heterocycles. The van der Waals surface area contributed by atoms with Gasteiger partial charge in [0.2, 0.25) is 0 Å². The van der Waals surface area contributed by atoms with Crippen LogP contribution in [0, 0.1) is 0 Å². The number of aromatic nitrogens is 1. The van der Waals surface area contributed by atoms with E-state index in [4.69, 9.17) is 16.3 Å². The van der Waals surface area contributed by atoms with Crippen molar-refractivity contribution in [2.75, 3.05) is 25.6 Å². The first-order valence-corrected chi connectivity index (χ1v) is 11.7. The lowest BCUT2D eigenvalue weighted by Crippen LogP contribution is -2.39. The first-order chi connectivity index (χ1) is 15.8. The van der Waals surface area contributed by atoms with Crippen LogP contribution in [0.4, 0.5) is 5.69 Å². The molecule has 170 valence electrons. The van der Waals surface area contributed by atoms with Gasteiger partial charge in [0.05, 0.1) is 28.5 Å². The van der Waals surface area contributed by atoms with Gasteiger partial charge < -0.3 is 9.64 Å². The van der Waals surface area contributed by atoms with E-state index >= 15 is 0 Å². The lowest BCUT2D eigenvalue weighted by molar-refractivity contribution is -0.139. The number of anilines is 1. The van der Waals surface area contributed by atoms with Crippen LogP contribution in [0.25, 0.3) is 6.08 Å². The Labute approximate surface area is 200 Å². The Morgan fingerprint density at radius 2 is 1.85 bits per heavy atom. The molecule has 0 radical (unpaired) electrons. The fourth-order valence-electron chi connectivity index (χ4n) is 3.77. The van der Waals surface area contributed by atoms with E-state index in [1.165, 1.54) is 11.3 Å². The molecular formula is C25H24ClN3O3S. The number of halogens is 1. The number of esters is 1. The van der Waals surface area contributed by atoms with Gasteiger partial charge in [-0.05, 0) is 55.3 Å². The Hall–Kier alpha value is -3.16. The average molecular weight is 482 g/mol. The maximum Gasteiger partial charge on any atom is 0.338 e. The summed E-state index contributed by atoms with van der Waals surface area (Å²) in [6.07, 6.45) is 1.82. The summed E-state index contributed by atoms with van der Waals surface area (Å²) in [6.45, 7) is 3.78. The third kappa shape index (κ3) is 4.51. The van der Waals surface area contributed by atoms with Crippen LogP contribution >= 0.6 is 22.9 Å². The molecule has 6 nitrogen and oxygen atoms in total. The Kier molecular flexibility index (Phi) is 6.54. The Bertz CT molecular complexity index is 1400. The van der Waals surface area contributed by atoms with Crippen molar-refractivity contribution in [2.45, 2.75) is 19.9 Å². The molecule has 0 fully saturated rings. The highest BCUT2D eigenvalue weighted by atomic mass is 35.5. The van der Waals surface area contributed by atoms with Gasteiger partial charge in [0.25, 0.3) is 5.56 Å². The summed E-state index contributed by atoms with van der Waals surface area (Å²) in [5.74, 6) is -0.465. The van der Waals surface area contributed by atoms with E-state index in [1.807, 2.05) is 61.5 Å². The van der Waals surface area contributed by atoms with Gasteiger partial charge in [-0.3, -0.25) is 9.36 Å². The number of thiazole rings is 1. The van der Waals surface area contributed by atoms with Crippen molar-refractivity contribution in [1.82, 2.24) is 4.57 Å². The molecule has 3 aromatic rings. The van der Waals surface area contributed by atoms with E-state index in [0.29, 0.717) is 25.6 Å². The van der Waals surface area contributed by atoms with Gasteiger partial charge >= 0.3 is 5.97 Å². The van der Waals surface area contributed by atoms with E-state index in [-0.39, 0.29) is 12.2 Å². The fourth-order valence-corrected chi connectivity index (χ4v) is 4.94. The number of carbonyl (C=O) groups is 1. The summed E-state index contributed by atoms with van der Waals surface area (Å²) in [6, 6.07) is 14.5. The second-order valence-electron chi connectivity index (χ2n) is 7.84. The lowest BCUT2D eigenvalue weighted by Gasteiger charge is -2.25. The number of carbonyl (C=O) groups excluding carboxylic acids is 1. The molecule has 33 heavy (non-hydrogen) atoms. The van der Waals surface area contributed by atoms with Crippen LogP contribution in [0.15, 0.2) is 69.6 Å². The minimum atomic E-state index is -0.621. The van der Waals surface area contributed by atoms with Gasteiger partial charge in [0, 0.05) is 24.8 Å². The zero-order valence-electron chi connectivity index (χ0n) is 18.8. The van der Waals surface area contributed by atoms with Gasteiger partial charge in [-0.2, -0.15) is 0 Å². The van der Waals surface area contributed by atoms with Gasteiger partial charge in [0.15, 0.2) is 4.80 Å². The number of fused-ring (bicyclic) bond motifs is 1. The van der Waals surface area contributed by atoms with E-state index in [1.54, 1.807) is 30.5 Å². The second kappa shape index (κ2) is 9.37. The molecule has 1 aliphatic rings. The standard InChI is InChI=1S/C25H24ClN3O3S/c1-5-32-24(31)21-15(2)27-25-29(22(21)17-8-12-19(13-9-17)28(3)4)23(30)20(33-25)14-16-6-10-18(26)11-7-16/h6-14,22H,5H2,1-4H3/b20-14+/t22-/m0/s1. The van der Waals surface area contributed by atoms with Crippen LogP contribution in [0.1, 0.15) is 31.0 Å². The second-order valence-corrected chi connectivity index (χ2v) is 9.29. The highest BCUT2D eigenvalue weighted by Crippen LogP contribution is 2.31. The molecule has 1 atom stereocenters. The van der Waals surface area contributed by atoms with Gasteiger partial charge in [-0.1, -0.05) is 47.2 Å². The summed E-state index contributed by atoms with van der Waals surface area (Å²) < 4.78 is 7.46. The molecule has 8 heteroatoms. The third-order valence-corrected chi connectivity index (χ3v) is 6.64. The van der Waals surface area contributed by atoms with Crippen molar-refractivity contribution in [3.05, 3.63) is 95.6 Å². The van der Waals surface area contributed by atoms with Gasteiger partial charge in [-0.25, -0.2) is 9.79 Å². The first-order valence-electron chi connectivity index (χ1n) is 10.5. The quantitative estimate of drug-likeness (QED) is 0.523. The van der Waals surface area contributed by atoms with E-state index in [0.717, 1.165) is 16.8 Å². The fraction of sp³-hybridized carbons (Fsp3) is 0.240. The van der Waals surface area contributed by atoms with Crippen molar-refractivity contribution in [3.8, 4) is 0 Å². The van der Waals surface area contributed by atoms with Crippen molar-refractivity contribution in [2.24, 2.45) is 4.99 Å². The highest BCUT2D eigenvalue weighted by molar-refractivity contribution is 7.07. The smallest absolute Gasteiger partial charge is 0.338 e. The number of rotatable bonds is 5. The van der Waals surface area contributed by atoms with Gasteiger partial charge in [-0.15, -0.1) is 0 Å². The monoisotopic (exact) mass is 481 g/mol. The summed E-state index contributed by atoms with van der Waals surface area (Å²) in [4.78, 5) is 33.6. The van der Waals surface area contributed by atoms with Crippen molar-refractivity contribution in [3.63, 3.8) is 0 Å². The predicted molar refractivity (Wildman–Crippen MR) is 133 cm³/mol. The molecule has 0 spiro atoms. The summed E-state index contributed by atoms with van der Waals surface area (Å²) >= 11 is 7.29.